The van der Waals surface area contributed by atoms with Gasteiger partial charge in [0, 0.05) is 12.0 Å². The number of aryl methyl sites for hydroxylation is 1. The van der Waals surface area contributed by atoms with Gasteiger partial charge in [0.25, 0.3) is 0 Å². The molecule has 3 aromatic rings. The molecular weight excluding hydrogens is 418 g/mol. The van der Waals surface area contributed by atoms with Crippen molar-refractivity contribution in [2.24, 2.45) is 5.92 Å². The quantitative estimate of drug-likeness (QED) is 0.429. The maximum absolute atomic E-state index is 11.3. The molecule has 1 aromatic heterocycles. The van der Waals surface area contributed by atoms with E-state index >= 15 is 0 Å². The van der Waals surface area contributed by atoms with Crippen molar-refractivity contribution in [3.63, 3.8) is 0 Å². The van der Waals surface area contributed by atoms with Gasteiger partial charge in [-0.25, -0.2) is 9.78 Å². The Labute approximate surface area is 194 Å². The molecular formula is C27H33NO5. The Kier molecular flexibility index (Phi) is 7.15. The van der Waals surface area contributed by atoms with Crippen LogP contribution in [0.25, 0.3) is 22.2 Å². The first kappa shape index (κ1) is 23.5. The number of benzene rings is 2. The molecule has 1 saturated carbocycles. The number of fused-ring (bicyclic) bond motifs is 1. The van der Waals surface area contributed by atoms with E-state index in [1.807, 2.05) is 18.2 Å². The van der Waals surface area contributed by atoms with Gasteiger partial charge < -0.3 is 19.0 Å². The third-order valence-corrected chi connectivity index (χ3v) is 6.48. The van der Waals surface area contributed by atoms with Gasteiger partial charge in [-0.05, 0) is 61.9 Å². The van der Waals surface area contributed by atoms with Crippen LogP contribution in [-0.4, -0.2) is 34.4 Å². The molecule has 4 rings (SSSR count). The van der Waals surface area contributed by atoms with Crippen LogP contribution < -0.4 is 0 Å². The normalized spacial score (nSPS) is 19.1. The zero-order chi connectivity index (χ0) is 23.4. The lowest BCUT2D eigenvalue weighted by atomic mass is 9.87. The maximum atomic E-state index is 11.3. The summed E-state index contributed by atoms with van der Waals surface area (Å²) in [6, 6.07) is 14.5. The lowest BCUT2D eigenvalue weighted by molar-refractivity contribution is -0.163. The summed E-state index contributed by atoms with van der Waals surface area (Å²) in [5, 5.41) is 11.6. The predicted octanol–water partition coefficient (Wildman–Crippen LogP) is 6.01. The summed E-state index contributed by atoms with van der Waals surface area (Å²) in [7, 11) is 0. The molecule has 0 amide bonds. The molecule has 0 spiro atoms. The number of nitrogens with zero attached hydrogens (tertiary/aromatic N) is 1. The highest BCUT2D eigenvalue weighted by Gasteiger charge is 2.31. The second-order valence-electron chi connectivity index (χ2n) is 9.40. The van der Waals surface area contributed by atoms with E-state index in [-0.39, 0.29) is 6.10 Å². The van der Waals surface area contributed by atoms with Crippen molar-refractivity contribution in [3.8, 4) is 11.5 Å². The number of aromatic nitrogens is 1. The van der Waals surface area contributed by atoms with Gasteiger partial charge in [0.2, 0.25) is 5.89 Å². The standard InChI is InChI=1S/C27H33NO5/c1-4-24-23(28-25(33-24)21-13-12-19-9-5-6-10-20(19)15-21)17-31-22-11-7-8-18(14-22)16-32-27(2,3)26(29)30/h5-6,9-10,12-13,15,18,22H,4,7-8,11,14,16-17H2,1-3H3,(H,29,30)/t18-,22+/m1/s1. The number of hydrogen-bond donors (Lipinski definition) is 1. The Hall–Kier alpha value is -2.70. The summed E-state index contributed by atoms with van der Waals surface area (Å²) < 4.78 is 18.0. The van der Waals surface area contributed by atoms with Gasteiger partial charge in [0.15, 0.2) is 5.60 Å². The topological polar surface area (TPSA) is 81.8 Å². The molecule has 0 saturated heterocycles. The number of carboxylic acids is 1. The highest BCUT2D eigenvalue weighted by molar-refractivity contribution is 5.86. The van der Waals surface area contributed by atoms with Gasteiger partial charge in [-0.15, -0.1) is 0 Å². The molecule has 1 fully saturated rings. The first-order valence-electron chi connectivity index (χ1n) is 11.8. The average molecular weight is 452 g/mol. The predicted molar refractivity (Wildman–Crippen MR) is 127 cm³/mol. The fraction of sp³-hybridized carbons (Fsp3) is 0.481. The van der Waals surface area contributed by atoms with Gasteiger partial charge in [0.05, 0.1) is 19.3 Å². The highest BCUT2D eigenvalue weighted by Crippen LogP contribution is 2.30. The fourth-order valence-electron chi connectivity index (χ4n) is 4.35. The number of oxazole rings is 1. The largest absolute Gasteiger partial charge is 0.479 e. The van der Waals surface area contributed by atoms with Crippen molar-refractivity contribution in [1.82, 2.24) is 4.98 Å². The van der Waals surface area contributed by atoms with Crippen molar-refractivity contribution in [2.75, 3.05) is 6.61 Å². The third kappa shape index (κ3) is 5.63. The van der Waals surface area contributed by atoms with Crippen LogP contribution in [0.4, 0.5) is 0 Å². The number of carbonyl (C=O) groups is 1. The third-order valence-electron chi connectivity index (χ3n) is 6.48. The van der Waals surface area contributed by atoms with Gasteiger partial charge in [-0.1, -0.05) is 43.7 Å². The zero-order valence-electron chi connectivity index (χ0n) is 19.7. The van der Waals surface area contributed by atoms with E-state index in [1.54, 1.807) is 13.8 Å². The highest BCUT2D eigenvalue weighted by atomic mass is 16.5. The molecule has 6 nitrogen and oxygen atoms in total. The zero-order valence-corrected chi connectivity index (χ0v) is 19.7. The Morgan fingerprint density at radius 2 is 1.97 bits per heavy atom. The lowest BCUT2D eigenvalue weighted by Gasteiger charge is -2.31. The number of ether oxygens (including phenoxy) is 2. The van der Waals surface area contributed by atoms with E-state index in [0.717, 1.165) is 54.5 Å². The Morgan fingerprint density at radius 1 is 1.18 bits per heavy atom. The first-order valence-corrected chi connectivity index (χ1v) is 11.8. The van der Waals surface area contributed by atoms with Crippen LogP contribution in [0.1, 0.15) is 57.9 Å². The van der Waals surface area contributed by atoms with Crippen molar-refractivity contribution >= 4 is 16.7 Å². The molecule has 1 aliphatic carbocycles. The van der Waals surface area contributed by atoms with Crippen LogP contribution in [0, 0.1) is 5.92 Å². The van der Waals surface area contributed by atoms with E-state index in [1.165, 1.54) is 5.39 Å². The summed E-state index contributed by atoms with van der Waals surface area (Å²) in [5.41, 5.74) is 0.653. The second-order valence-corrected chi connectivity index (χ2v) is 9.40. The molecule has 33 heavy (non-hydrogen) atoms. The molecule has 1 heterocycles. The summed E-state index contributed by atoms with van der Waals surface area (Å²) in [6.45, 7) is 6.10. The van der Waals surface area contributed by atoms with E-state index in [0.29, 0.717) is 25.0 Å². The minimum atomic E-state index is -1.16. The smallest absolute Gasteiger partial charge is 0.335 e. The molecule has 1 N–H and O–H groups in total. The first-order chi connectivity index (χ1) is 15.9. The Bertz CT molecular complexity index is 1100. The maximum Gasteiger partial charge on any atom is 0.335 e. The lowest BCUT2D eigenvalue weighted by Crippen LogP contribution is -2.37. The van der Waals surface area contributed by atoms with Crippen LogP contribution >= 0.6 is 0 Å². The minimum absolute atomic E-state index is 0.116. The van der Waals surface area contributed by atoms with Gasteiger partial charge in [-0.2, -0.15) is 0 Å². The van der Waals surface area contributed by atoms with Crippen molar-refractivity contribution in [3.05, 3.63) is 53.9 Å². The van der Waals surface area contributed by atoms with Crippen molar-refractivity contribution in [2.45, 2.75) is 71.2 Å². The number of hydrogen-bond acceptors (Lipinski definition) is 5. The Balaban J connectivity index is 1.38. The molecule has 2 aromatic carbocycles. The fourth-order valence-corrected chi connectivity index (χ4v) is 4.35. The van der Waals surface area contributed by atoms with E-state index in [2.05, 4.69) is 31.2 Å². The molecule has 2 atom stereocenters. The van der Waals surface area contributed by atoms with Crippen LogP contribution in [0.5, 0.6) is 0 Å². The second kappa shape index (κ2) is 10.1. The van der Waals surface area contributed by atoms with Crippen LogP contribution in [0.15, 0.2) is 46.9 Å². The number of carboxylic acid groups (broad SMARTS) is 1. The molecule has 0 unspecified atom stereocenters. The van der Waals surface area contributed by atoms with Gasteiger partial charge in [0.1, 0.15) is 11.5 Å². The van der Waals surface area contributed by atoms with Crippen molar-refractivity contribution in [1.29, 1.82) is 0 Å². The van der Waals surface area contributed by atoms with Crippen LogP contribution in [0.2, 0.25) is 0 Å². The average Bonchev–Trinajstić information content (AvgIpc) is 3.25. The van der Waals surface area contributed by atoms with E-state index < -0.39 is 11.6 Å². The SMILES string of the molecule is CCc1oc(-c2ccc3ccccc3c2)nc1CO[C@H]1CCC[C@@H](COC(C)(C)C(=O)O)C1. The van der Waals surface area contributed by atoms with Crippen LogP contribution in [0.3, 0.4) is 0 Å². The number of rotatable bonds is 9. The monoisotopic (exact) mass is 451 g/mol. The van der Waals surface area contributed by atoms with E-state index in [9.17, 15) is 9.90 Å². The van der Waals surface area contributed by atoms with Crippen molar-refractivity contribution < 1.29 is 23.8 Å². The molecule has 6 heteroatoms. The van der Waals surface area contributed by atoms with Crippen LogP contribution in [-0.2, 0) is 27.3 Å². The summed E-state index contributed by atoms with van der Waals surface area (Å²) in [5.74, 6) is 0.851. The van der Waals surface area contributed by atoms with Gasteiger partial charge >= 0.3 is 5.97 Å². The molecule has 1 aliphatic rings. The molecule has 176 valence electrons. The Morgan fingerprint density at radius 3 is 2.73 bits per heavy atom. The minimum Gasteiger partial charge on any atom is -0.479 e. The number of aliphatic carboxylic acids is 1. The van der Waals surface area contributed by atoms with E-state index in [4.69, 9.17) is 18.9 Å². The summed E-state index contributed by atoms with van der Waals surface area (Å²) in [4.78, 5) is 16.0. The molecule has 0 bridgehead atoms. The summed E-state index contributed by atoms with van der Waals surface area (Å²) >= 11 is 0. The van der Waals surface area contributed by atoms with Gasteiger partial charge in [-0.3, -0.25) is 0 Å². The molecule has 0 radical (unpaired) electrons. The summed E-state index contributed by atoms with van der Waals surface area (Å²) in [6.07, 6.45) is 4.82. The molecule has 0 aliphatic heterocycles.